The van der Waals surface area contributed by atoms with Crippen LogP contribution in [0.3, 0.4) is 0 Å². The van der Waals surface area contributed by atoms with E-state index in [4.69, 9.17) is 7.85 Å². The molecule has 0 bridgehead atoms. The van der Waals surface area contributed by atoms with E-state index in [9.17, 15) is 0 Å². The first kappa shape index (κ1) is 16.0. The summed E-state index contributed by atoms with van der Waals surface area (Å²) in [6, 6.07) is 0. The highest BCUT2D eigenvalue weighted by Crippen LogP contribution is 2.33. The second-order valence-electron chi connectivity index (χ2n) is 6.96. The topological polar surface area (TPSA) is 3.24 Å². The molecule has 2 radical (unpaired) electrons. The van der Waals surface area contributed by atoms with Crippen LogP contribution in [-0.4, -0.2) is 30.9 Å². The van der Waals surface area contributed by atoms with Crippen LogP contribution in [-0.2, 0) is 0 Å². The second kappa shape index (κ2) is 5.57. The molecule has 94 valence electrons. The van der Waals surface area contributed by atoms with Crippen molar-refractivity contribution in [2.45, 2.75) is 78.2 Å². The summed E-state index contributed by atoms with van der Waals surface area (Å²) in [5, 5.41) is 0. The van der Waals surface area contributed by atoms with Gasteiger partial charge in [0, 0.05) is 11.1 Å². The summed E-state index contributed by atoms with van der Waals surface area (Å²) < 4.78 is 0. The molecule has 0 aromatic rings. The lowest BCUT2D eigenvalue weighted by Gasteiger charge is -2.48. The van der Waals surface area contributed by atoms with Crippen molar-refractivity contribution in [3.8, 4) is 0 Å². The fourth-order valence-corrected chi connectivity index (χ4v) is 2.88. The lowest BCUT2D eigenvalue weighted by molar-refractivity contribution is 0.0256. The minimum atomic E-state index is 0.159. The van der Waals surface area contributed by atoms with Crippen LogP contribution < -0.4 is 0 Å². The van der Waals surface area contributed by atoms with Crippen molar-refractivity contribution in [2.75, 3.05) is 7.05 Å². The van der Waals surface area contributed by atoms with Crippen molar-refractivity contribution in [3.63, 3.8) is 0 Å². The standard InChI is InChI=1S/C14H30BN/c1-11(2)9-13(4,5)16(8)14(6,7)10-12(3)15/h11-12H,9-10H2,1-8H3. The van der Waals surface area contributed by atoms with Gasteiger partial charge >= 0.3 is 0 Å². The third-order valence-electron chi connectivity index (χ3n) is 3.55. The van der Waals surface area contributed by atoms with Crippen LogP contribution in [0.1, 0.15) is 61.3 Å². The Hall–Kier alpha value is 0.0249. The molecule has 16 heavy (non-hydrogen) atoms. The van der Waals surface area contributed by atoms with Crippen molar-refractivity contribution in [2.24, 2.45) is 5.92 Å². The van der Waals surface area contributed by atoms with Crippen LogP contribution in [0.25, 0.3) is 0 Å². The number of nitrogens with zero attached hydrogens (tertiary/aromatic N) is 1. The monoisotopic (exact) mass is 223 g/mol. The van der Waals surface area contributed by atoms with Gasteiger partial charge in [0.15, 0.2) is 0 Å². The largest absolute Gasteiger partial charge is 0.296 e. The normalized spacial score (nSPS) is 15.9. The molecule has 0 heterocycles. The number of rotatable bonds is 6. The molecule has 1 unspecified atom stereocenters. The molecule has 0 amide bonds. The van der Waals surface area contributed by atoms with Crippen LogP contribution in [0.5, 0.6) is 0 Å². The van der Waals surface area contributed by atoms with Gasteiger partial charge in [-0.25, -0.2) is 0 Å². The van der Waals surface area contributed by atoms with Crippen molar-refractivity contribution in [1.29, 1.82) is 0 Å². The Morgan fingerprint density at radius 1 is 0.938 bits per heavy atom. The highest BCUT2D eigenvalue weighted by Gasteiger charge is 2.35. The molecule has 0 rings (SSSR count). The second-order valence-corrected chi connectivity index (χ2v) is 6.96. The van der Waals surface area contributed by atoms with E-state index in [1.54, 1.807) is 0 Å². The Balaban J connectivity index is 4.68. The molecule has 0 aliphatic heterocycles. The van der Waals surface area contributed by atoms with Crippen molar-refractivity contribution in [1.82, 2.24) is 4.90 Å². The Morgan fingerprint density at radius 2 is 1.31 bits per heavy atom. The molecule has 2 heteroatoms. The molecule has 0 spiro atoms. The van der Waals surface area contributed by atoms with Gasteiger partial charge in [0.25, 0.3) is 0 Å². The summed E-state index contributed by atoms with van der Waals surface area (Å²) in [7, 11) is 8.16. The van der Waals surface area contributed by atoms with Crippen molar-refractivity contribution in [3.05, 3.63) is 0 Å². The predicted molar refractivity (Wildman–Crippen MR) is 75.2 cm³/mol. The van der Waals surface area contributed by atoms with E-state index in [0.717, 1.165) is 12.3 Å². The molecule has 0 saturated carbocycles. The van der Waals surface area contributed by atoms with E-state index < -0.39 is 0 Å². The highest BCUT2D eigenvalue weighted by molar-refractivity contribution is 6.11. The van der Waals surface area contributed by atoms with E-state index in [1.807, 2.05) is 0 Å². The van der Waals surface area contributed by atoms with E-state index >= 15 is 0 Å². The molecule has 0 fully saturated rings. The molecule has 0 aromatic heterocycles. The maximum Gasteiger partial charge on any atom is 0.0696 e. The van der Waals surface area contributed by atoms with Gasteiger partial charge in [-0.2, -0.15) is 0 Å². The zero-order valence-corrected chi connectivity index (χ0v) is 12.6. The zero-order valence-electron chi connectivity index (χ0n) is 12.6. The van der Waals surface area contributed by atoms with Gasteiger partial charge < -0.3 is 0 Å². The van der Waals surface area contributed by atoms with E-state index in [1.165, 1.54) is 6.42 Å². The van der Waals surface area contributed by atoms with Crippen LogP contribution in [0.15, 0.2) is 0 Å². The lowest BCUT2D eigenvalue weighted by Crippen LogP contribution is -2.53. The molecular formula is C14H30BN. The summed E-state index contributed by atoms with van der Waals surface area (Å²) in [5.74, 6) is 0.982. The number of hydrogen-bond acceptors (Lipinski definition) is 1. The minimum Gasteiger partial charge on any atom is -0.296 e. The molecule has 0 saturated heterocycles. The first-order valence-electron chi connectivity index (χ1n) is 6.48. The Bertz CT molecular complexity index is 185. The van der Waals surface area contributed by atoms with Crippen LogP contribution in [0.4, 0.5) is 0 Å². The molecule has 0 aromatic carbocycles. The van der Waals surface area contributed by atoms with Crippen molar-refractivity contribution < 1.29 is 0 Å². The smallest absolute Gasteiger partial charge is 0.0696 e. The maximum atomic E-state index is 5.93. The summed E-state index contributed by atoms with van der Waals surface area (Å²) in [5.41, 5.74) is 0.388. The Morgan fingerprint density at radius 3 is 1.62 bits per heavy atom. The number of hydrogen-bond donors (Lipinski definition) is 0. The third-order valence-corrected chi connectivity index (χ3v) is 3.55. The first-order chi connectivity index (χ1) is 6.99. The van der Waals surface area contributed by atoms with Gasteiger partial charge in [0.05, 0.1) is 7.85 Å². The van der Waals surface area contributed by atoms with Gasteiger partial charge in [-0.05, 0) is 53.5 Å². The van der Waals surface area contributed by atoms with E-state index in [-0.39, 0.29) is 16.9 Å². The van der Waals surface area contributed by atoms with Crippen molar-refractivity contribution >= 4 is 7.85 Å². The fraction of sp³-hybridized carbons (Fsp3) is 1.00. The Labute approximate surface area is 104 Å². The van der Waals surface area contributed by atoms with Gasteiger partial charge in [0.2, 0.25) is 0 Å². The quantitative estimate of drug-likeness (QED) is 0.617. The van der Waals surface area contributed by atoms with E-state index in [0.29, 0.717) is 0 Å². The molecule has 1 atom stereocenters. The van der Waals surface area contributed by atoms with Crippen LogP contribution in [0.2, 0.25) is 5.82 Å². The first-order valence-corrected chi connectivity index (χ1v) is 6.48. The summed E-state index contributed by atoms with van der Waals surface area (Å²) in [6.45, 7) is 15.9. The van der Waals surface area contributed by atoms with Crippen LogP contribution >= 0.6 is 0 Å². The average molecular weight is 223 g/mol. The summed E-state index contributed by atoms with van der Waals surface area (Å²) >= 11 is 0. The third kappa shape index (κ3) is 4.90. The zero-order chi connectivity index (χ0) is 13.1. The van der Waals surface area contributed by atoms with Gasteiger partial charge in [-0.15, -0.1) is 0 Å². The summed E-state index contributed by atoms with van der Waals surface area (Å²) in [4.78, 5) is 2.49. The molecule has 0 aliphatic rings. The molecular weight excluding hydrogens is 193 g/mol. The predicted octanol–water partition coefficient (Wildman–Crippen LogP) is 3.89. The van der Waals surface area contributed by atoms with Gasteiger partial charge in [-0.3, -0.25) is 4.90 Å². The SMILES string of the molecule is [B]C(C)CC(C)(C)N(C)C(C)(C)CC(C)C. The molecule has 0 N–H and O–H groups in total. The molecule has 1 nitrogen and oxygen atoms in total. The van der Waals surface area contributed by atoms with Gasteiger partial charge in [0.1, 0.15) is 0 Å². The molecule has 0 aliphatic carbocycles. The van der Waals surface area contributed by atoms with Gasteiger partial charge in [-0.1, -0.05) is 26.6 Å². The lowest BCUT2D eigenvalue weighted by atomic mass is 9.76. The maximum absolute atomic E-state index is 5.93. The average Bonchev–Trinajstić information content (AvgIpc) is 1.97. The minimum absolute atomic E-state index is 0.159. The summed E-state index contributed by atoms with van der Waals surface area (Å²) in [6.07, 6.45) is 2.25. The fourth-order valence-electron chi connectivity index (χ4n) is 2.88. The highest BCUT2D eigenvalue weighted by atomic mass is 15.2. The van der Waals surface area contributed by atoms with E-state index in [2.05, 4.69) is 60.4 Å². The van der Waals surface area contributed by atoms with Crippen LogP contribution in [0, 0.1) is 5.92 Å². The Kier molecular flexibility index (Phi) is 5.58.